The molecule has 7 nitrogen and oxygen atoms in total. The molecule has 0 aromatic carbocycles. The van der Waals surface area contributed by atoms with Gasteiger partial charge in [-0.15, -0.1) is 0 Å². The van der Waals surface area contributed by atoms with Crippen LogP contribution in [-0.2, 0) is 10.0 Å². The van der Waals surface area contributed by atoms with E-state index in [1.165, 1.54) is 0 Å². The number of rotatable bonds is 3. The van der Waals surface area contributed by atoms with E-state index in [9.17, 15) is 8.42 Å². The molecule has 1 fully saturated rings. The Morgan fingerprint density at radius 3 is 2.92 bits per heavy atom. The summed E-state index contributed by atoms with van der Waals surface area (Å²) in [5.74, 6) is 0.465. The summed E-state index contributed by atoms with van der Waals surface area (Å²) in [5.41, 5.74) is 3.33. The summed E-state index contributed by atoms with van der Waals surface area (Å²) in [4.78, 5) is 7.92. The smallest absolute Gasteiger partial charge is 0.248 e. The van der Waals surface area contributed by atoms with Gasteiger partial charge in [0.25, 0.3) is 0 Å². The van der Waals surface area contributed by atoms with Gasteiger partial charge in [0.2, 0.25) is 10.0 Å². The van der Waals surface area contributed by atoms with Gasteiger partial charge in [0.05, 0.1) is 11.0 Å². The third kappa shape index (κ3) is 2.75. The molecule has 0 bridgehead atoms. The highest BCUT2D eigenvalue weighted by molar-refractivity contribution is 7.89. The summed E-state index contributed by atoms with van der Waals surface area (Å²) >= 11 is 0. The molecule has 1 N–H and O–H groups in total. The molecular weight excluding hydrogens is 340 g/mol. The second kappa shape index (κ2) is 5.96. The fourth-order valence-electron chi connectivity index (χ4n) is 3.58. The number of piperidine rings is 1. The maximum absolute atomic E-state index is 13.0. The molecule has 1 aliphatic heterocycles. The van der Waals surface area contributed by atoms with E-state index in [4.69, 9.17) is 4.52 Å². The van der Waals surface area contributed by atoms with E-state index in [1.54, 1.807) is 24.3 Å². The number of sulfonamides is 1. The first-order valence-corrected chi connectivity index (χ1v) is 9.77. The maximum Gasteiger partial charge on any atom is 0.248 e. The van der Waals surface area contributed by atoms with Gasteiger partial charge in [0.15, 0.2) is 5.76 Å². The Morgan fingerprint density at radius 1 is 1.36 bits per heavy atom. The number of aryl methyl sites for hydroxylation is 2. The van der Waals surface area contributed by atoms with Gasteiger partial charge in [-0.2, -0.15) is 4.31 Å². The van der Waals surface area contributed by atoms with Crippen LogP contribution in [0.2, 0.25) is 0 Å². The summed E-state index contributed by atoms with van der Waals surface area (Å²) in [5, 5.41) is 3.79. The molecule has 1 saturated heterocycles. The zero-order valence-corrected chi connectivity index (χ0v) is 15.0. The molecule has 3 aromatic heterocycles. The number of H-pyrrole nitrogens is 1. The van der Waals surface area contributed by atoms with Crippen molar-refractivity contribution in [2.75, 3.05) is 13.1 Å². The van der Waals surface area contributed by atoms with E-state index in [-0.39, 0.29) is 10.8 Å². The number of aromatic amines is 1. The molecule has 1 aliphatic rings. The van der Waals surface area contributed by atoms with Crippen molar-refractivity contribution in [2.24, 2.45) is 0 Å². The minimum absolute atomic E-state index is 0.123. The van der Waals surface area contributed by atoms with Crippen LogP contribution in [0, 0.1) is 13.8 Å². The Balaban J connectivity index is 1.65. The number of nitrogens with one attached hydrogen (secondary N) is 1. The minimum atomic E-state index is -3.60. The summed E-state index contributed by atoms with van der Waals surface area (Å²) in [6.45, 7) is 4.26. The van der Waals surface area contributed by atoms with Gasteiger partial charge in [-0.1, -0.05) is 5.16 Å². The average Bonchev–Trinajstić information content (AvgIpc) is 3.18. The van der Waals surface area contributed by atoms with Gasteiger partial charge < -0.3 is 9.51 Å². The van der Waals surface area contributed by atoms with Crippen LogP contribution in [0.5, 0.6) is 0 Å². The summed E-state index contributed by atoms with van der Waals surface area (Å²) < 4.78 is 32.7. The van der Waals surface area contributed by atoms with Crippen molar-refractivity contribution in [3.05, 3.63) is 41.5 Å². The highest BCUT2D eigenvalue weighted by atomic mass is 32.2. The van der Waals surface area contributed by atoms with E-state index in [0.717, 1.165) is 29.6 Å². The Kier molecular flexibility index (Phi) is 3.88. The highest BCUT2D eigenvalue weighted by Crippen LogP contribution is 2.32. The van der Waals surface area contributed by atoms with Crippen molar-refractivity contribution in [1.82, 2.24) is 19.4 Å². The fourth-order valence-corrected chi connectivity index (χ4v) is 5.40. The number of pyridine rings is 1. The van der Waals surface area contributed by atoms with Gasteiger partial charge in [-0.05, 0) is 44.9 Å². The van der Waals surface area contributed by atoms with E-state index in [1.807, 2.05) is 18.2 Å². The van der Waals surface area contributed by atoms with Crippen LogP contribution < -0.4 is 0 Å². The van der Waals surface area contributed by atoms with Crippen molar-refractivity contribution in [1.29, 1.82) is 0 Å². The first kappa shape index (κ1) is 16.3. The van der Waals surface area contributed by atoms with Gasteiger partial charge >= 0.3 is 0 Å². The zero-order chi connectivity index (χ0) is 17.6. The second-order valence-electron chi connectivity index (χ2n) is 6.52. The first-order chi connectivity index (χ1) is 12.0. The predicted molar refractivity (Wildman–Crippen MR) is 92.8 cm³/mol. The average molecular weight is 360 g/mol. The normalized spacial score (nSPS) is 19.5. The van der Waals surface area contributed by atoms with E-state index >= 15 is 0 Å². The Bertz CT molecular complexity index is 969. The van der Waals surface area contributed by atoms with Gasteiger partial charge in [-0.3, -0.25) is 4.98 Å². The Morgan fingerprint density at radius 2 is 2.20 bits per heavy atom. The number of nitrogens with zero attached hydrogens (tertiary/aromatic N) is 3. The van der Waals surface area contributed by atoms with Gasteiger partial charge in [0.1, 0.15) is 10.6 Å². The predicted octanol–water partition coefficient (Wildman–Crippen LogP) is 2.74. The number of hydrogen-bond donors (Lipinski definition) is 1. The van der Waals surface area contributed by atoms with Crippen LogP contribution in [0.15, 0.2) is 33.8 Å². The van der Waals surface area contributed by atoms with Gasteiger partial charge in [0, 0.05) is 30.9 Å². The lowest BCUT2D eigenvalue weighted by Gasteiger charge is -2.31. The molecule has 0 unspecified atom stereocenters. The quantitative estimate of drug-likeness (QED) is 0.775. The molecular formula is C17H20N4O3S. The van der Waals surface area contributed by atoms with E-state index in [2.05, 4.69) is 15.1 Å². The Hall–Kier alpha value is -2.19. The molecule has 8 heteroatoms. The molecule has 4 heterocycles. The van der Waals surface area contributed by atoms with Crippen LogP contribution in [0.1, 0.15) is 35.9 Å². The molecule has 0 radical (unpaired) electrons. The van der Waals surface area contributed by atoms with Crippen LogP contribution in [0.4, 0.5) is 0 Å². The molecule has 4 rings (SSSR count). The van der Waals surface area contributed by atoms with Crippen molar-refractivity contribution in [3.8, 4) is 0 Å². The van der Waals surface area contributed by atoms with Crippen LogP contribution in [0.25, 0.3) is 11.0 Å². The van der Waals surface area contributed by atoms with Crippen molar-refractivity contribution in [2.45, 2.75) is 37.5 Å². The van der Waals surface area contributed by atoms with Crippen LogP contribution in [0.3, 0.4) is 0 Å². The molecule has 132 valence electrons. The molecule has 1 atom stereocenters. The molecule has 0 spiro atoms. The lowest BCUT2D eigenvalue weighted by molar-refractivity contribution is 0.312. The van der Waals surface area contributed by atoms with Crippen molar-refractivity contribution >= 4 is 21.1 Å². The minimum Gasteiger partial charge on any atom is -0.360 e. The molecule has 0 amide bonds. The summed E-state index contributed by atoms with van der Waals surface area (Å²) in [6, 6.07) is 5.89. The second-order valence-corrected chi connectivity index (χ2v) is 8.39. The topological polar surface area (TPSA) is 92.1 Å². The molecule has 25 heavy (non-hydrogen) atoms. The SMILES string of the molecule is Cc1noc(C)c1S(=O)(=O)N1CCC[C@H](c2cc3ncccc3[nH]2)C1. The molecule has 0 aliphatic carbocycles. The first-order valence-electron chi connectivity index (χ1n) is 8.33. The third-order valence-electron chi connectivity index (χ3n) is 4.80. The number of hydrogen-bond acceptors (Lipinski definition) is 5. The third-order valence-corrected chi connectivity index (χ3v) is 6.91. The van der Waals surface area contributed by atoms with Crippen molar-refractivity contribution in [3.63, 3.8) is 0 Å². The van der Waals surface area contributed by atoms with E-state index < -0.39 is 10.0 Å². The largest absolute Gasteiger partial charge is 0.360 e. The summed E-state index contributed by atoms with van der Waals surface area (Å²) in [6.07, 6.45) is 3.52. The van der Waals surface area contributed by atoms with Crippen LogP contribution in [-0.4, -0.2) is 40.9 Å². The lowest BCUT2D eigenvalue weighted by Crippen LogP contribution is -2.39. The molecule has 3 aromatic rings. The van der Waals surface area contributed by atoms with Crippen molar-refractivity contribution < 1.29 is 12.9 Å². The van der Waals surface area contributed by atoms with Gasteiger partial charge in [-0.25, -0.2) is 8.42 Å². The Labute approximate surface area is 146 Å². The number of fused-ring (bicyclic) bond motifs is 1. The highest BCUT2D eigenvalue weighted by Gasteiger charge is 2.35. The number of aromatic nitrogens is 3. The van der Waals surface area contributed by atoms with E-state index in [0.29, 0.717) is 24.5 Å². The summed E-state index contributed by atoms with van der Waals surface area (Å²) in [7, 11) is -3.60. The maximum atomic E-state index is 13.0. The molecule has 0 saturated carbocycles. The standard InChI is InChI=1S/C17H20N4O3S/c1-11-17(12(2)24-20-11)25(22,23)21-8-4-5-13(10-21)15-9-16-14(19-15)6-3-7-18-16/h3,6-7,9,13,19H,4-5,8,10H2,1-2H3/t13-/m0/s1. The fraction of sp³-hybridized carbons (Fsp3) is 0.412. The lowest BCUT2D eigenvalue weighted by atomic mass is 9.96. The zero-order valence-electron chi connectivity index (χ0n) is 14.2. The van der Waals surface area contributed by atoms with Crippen LogP contribution >= 0.6 is 0 Å². The monoisotopic (exact) mass is 360 g/mol.